The van der Waals surface area contributed by atoms with Gasteiger partial charge in [-0.05, 0) is 64.7 Å². The Morgan fingerprint density at radius 1 is 1.23 bits per heavy atom. The largest absolute Gasteiger partial charge is 0.444 e. The number of aldehydes is 1. The average Bonchev–Trinajstić information content (AvgIpc) is 2.72. The van der Waals surface area contributed by atoms with Crippen LogP contribution in [0.1, 0.15) is 72.6 Å². The second kappa shape index (κ2) is 10.7. The molecule has 0 radical (unpaired) electrons. The molecule has 7 heteroatoms. The Bertz CT molecular complexity index is 601. The fourth-order valence-corrected chi connectivity index (χ4v) is 5.18. The van der Waals surface area contributed by atoms with Crippen LogP contribution in [0.3, 0.4) is 0 Å². The molecule has 1 saturated heterocycles. The molecule has 0 N–H and O–H groups in total. The third-order valence-corrected chi connectivity index (χ3v) is 6.40. The number of ketones is 1. The fourth-order valence-electron chi connectivity index (χ4n) is 5.18. The number of rotatable bonds is 5. The predicted octanol–water partition coefficient (Wildman–Crippen LogP) is 3.98. The van der Waals surface area contributed by atoms with Crippen molar-refractivity contribution in [3.63, 3.8) is 0 Å². The van der Waals surface area contributed by atoms with E-state index in [0.29, 0.717) is 51.1 Å². The molecule has 3 unspecified atom stereocenters. The zero-order valence-corrected chi connectivity index (χ0v) is 19.3. The minimum Gasteiger partial charge on any atom is -0.444 e. The smallest absolute Gasteiger partial charge is 0.410 e. The Hall–Kier alpha value is -1.47. The summed E-state index contributed by atoms with van der Waals surface area (Å²) >= 11 is 0. The molecular formula is C23H39NO6. The van der Waals surface area contributed by atoms with Gasteiger partial charge in [0.25, 0.3) is 0 Å². The van der Waals surface area contributed by atoms with Crippen molar-refractivity contribution >= 4 is 18.2 Å². The highest BCUT2D eigenvalue weighted by atomic mass is 16.7. The van der Waals surface area contributed by atoms with E-state index < -0.39 is 11.0 Å². The molecule has 1 amide bonds. The lowest BCUT2D eigenvalue weighted by Crippen LogP contribution is -2.54. The monoisotopic (exact) mass is 425 g/mol. The van der Waals surface area contributed by atoms with E-state index in [-0.39, 0.29) is 30.7 Å². The van der Waals surface area contributed by atoms with Gasteiger partial charge in [-0.15, -0.1) is 0 Å². The van der Waals surface area contributed by atoms with E-state index in [1.54, 1.807) is 12.0 Å². The van der Waals surface area contributed by atoms with E-state index >= 15 is 0 Å². The quantitative estimate of drug-likeness (QED) is 0.489. The minimum atomic E-state index is -0.699. The summed E-state index contributed by atoms with van der Waals surface area (Å²) in [6.45, 7) is 8.86. The first-order valence-corrected chi connectivity index (χ1v) is 11.2. The maximum atomic E-state index is 13.6. The first-order valence-electron chi connectivity index (χ1n) is 11.2. The molecule has 2 fully saturated rings. The second-order valence-corrected chi connectivity index (χ2v) is 9.88. The third-order valence-electron chi connectivity index (χ3n) is 6.40. The van der Waals surface area contributed by atoms with E-state index in [9.17, 15) is 14.4 Å². The summed E-state index contributed by atoms with van der Waals surface area (Å²) in [5.74, 6) is 0.496. The van der Waals surface area contributed by atoms with Gasteiger partial charge < -0.3 is 23.9 Å². The first kappa shape index (κ1) is 24.8. The van der Waals surface area contributed by atoms with E-state index in [1.165, 1.54) is 0 Å². The summed E-state index contributed by atoms with van der Waals surface area (Å²) < 4.78 is 16.7. The molecule has 30 heavy (non-hydrogen) atoms. The van der Waals surface area contributed by atoms with Crippen molar-refractivity contribution < 1.29 is 28.6 Å². The van der Waals surface area contributed by atoms with E-state index in [4.69, 9.17) is 14.2 Å². The van der Waals surface area contributed by atoms with Crippen LogP contribution in [-0.2, 0) is 23.8 Å². The van der Waals surface area contributed by atoms with Crippen molar-refractivity contribution in [2.75, 3.05) is 27.0 Å². The molecule has 1 aliphatic carbocycles. The van der Waals surface area contributed by atoms with Gasteiger partial charge in [0.15, 0.2) is 0 Å². The number of hydrogen-bond acceptors (Lipinski definition) is 6. The van der Waals surface area contributed by atoms with Crippen LogP contribution in [0.15, 0.2) is 0 Å². The van der Waals surface area contributed by atoms with Crippen molar-refractivity contribution in [1.29, 1.82) is 0 Å². The van der Waals surface area contributed by atoms with Gasteiger partial charge in [-0.3, -0.25) is 4.79 Å². The number of amides is 1. The molecule has 0 aromatic carbocycles. The Morgan fingerprint density at radius 2 is 1.93 bits per heavy atom. The minimum absolute atomic E-state index is 0.0406. The summed E-state index contributed by atoms with van der Waals surface area (Å²) in [7, 11) is 1.57. The topological polar surface area (TPSA) is 82.1 Å². The molecule has 1 heterocycles. The van der Waals surface area contributed by atoms with Crippen LogP contribution in [0, 0.1) is 17.3 Å². The molecule has 4 atom stereocenters. The summed E-state index contributed by atoms with van der Waals surface area (Å²) in [6.07, 6.45) is 4.53. The molecule has 0 bridgehead atoms. The van der Waals surface area contributed by atoms with Crippen molar-refractivity contribution in [2.45, 2.75) is 84.3 Å². The van der Waals surface area contributed by atoms with Crippen LogP contribution in [0.2, 0.25) is 0 Å². The number of ether oxygens (including phenoxy) is 3. The number of hydrogen-bond donors (Lipinski definition) is 0. The van der Waals surface area contributed by atoms with Crippen LogP contribution in [-0.4, -0.2) is 61.8 Å². The Morgan fingerprint density at radius 3 is 2.57 bits per heavy atom. The van der Waals surface area contributed by atoms with Gasteiger partial charge in [0.2, 0.25) is 0 Å². The molecule has 7 nitrogen and oxygen atoms in total. The average molecular weight is 426 g/mol. The Balaban J connectivity index is 2.27. The summed E-state index contributed by atoms with van der Waals surface area (Å²) in [6, 6.07) is 0. The van der Waals surface area contributed by atoms with E-state index in [2.05, 4.69) is 6.92 Å². The zero-order chi connectivity index (χ0) is 22.4. The normalized spacial score (nSPS) is 31.0. The number of carbonyl (C=O) groups is 3. The Labute approximate surface area is 180 Å². The summed E-state index contributed by atoms with van der Waals surface area (Å²) in [4.78, 5) is 39.4. The van der Waals surface area contributed by atoms with Crippen molar-refractivity contribution in [3.8, 4) is 0 Å². The van der Waals surface area contributed by atoms with Crippen LogP contribution in [0.25, 0.3) is 0 Å². The molecule has 1 aliphatic heterocycles. The SMILES string of the molecule is COCOC1CC(C)CC(CC=O)[C@]12CCCN(C(=O)OC(C)(C)C)CCCC2=O. The number of methoxy groups -OCH3 is 1. The number of Topliss-reactive ketones (excluding diaryl/α,β-unsaturated/α-hetero) is 1. The van der Waals surface area contributed by atoms with Crippen LogP contribution in [0.4, 0.5) is 4.79 Å². The van der Waals surface area contributed by atoms with E-state index in [0.717, 1.165) is 19.1 Å². The zero-order valence-electron chi connectivity index (χ0n) is 19.3. The van der Waals surface area contributed by atoms with Gasteiger partial charge >= 0.3 is 6.09 Å². The van der Waals surface area contributed by atoms with Gasteiger partial charge in [0.1, 0.15) is 24.5 Å². The van der Waals surface area contributed by atoms with Gasteiger partial charge in [-0.25, -0.2) is 4.79 Å². The van der Waals surface area contributed by atoms with Gasteiger partial charge in [0, 0.05) is 33.0 Å². The third kappa shape index (κ3) is 6.03. The molecule has 0 aromatic heterocycles. The standard InChI is InChI=1S/C23H39NO6/c1-17-14-18(9-13-25)23(20(15-17)29-16-28-5)10-7-12-24(11-6-8-19(23)26)21(27)30-22(2,3)4/h13,17-18,20H,6-12,14-16H2,1-5H3/t17?,18?,20?,23-/m0/s1. The lowest BCUT2D eigenvalue weighted by atomic mass is 9.56. The maximum Gasteiger partial charge on any atom is 0.410 e. The Kier molecular flexibility index (Phi) is 8.85. The van der Waals surface area contributed by atoms with Gasteiger partial charge in [-0.1, -0.05) is 6.92 Å². The number of nitrogens with zero attached hydrogens (tertiary/aromatic N) is 1. The summed E-state index contributed by atoms with van der Waals surface area (Å²) in [5, 5.41) is 0. The van der Waals surface area contributed by atoms with E-state index in [1.807, 2.05) is 20.8 Å². The first-order chi connectivity index (χ1) is 14.1. The number of carbonyl (C=O) groups excluding carboxylic acids is 3. The van der Waals surface area contributed by atoms with Gasteiger partial charge in [-0.2, -0.15) is 0 Å². The van der Waals surface area contributed by atoms with Crippen LogP contribution in [0.5, 0.6) is 0 Å². The molecule has 2 rings (SSSR count). The van der Waals surface area contributed by atoms with Crippen molar-refractivity contribution in [1.82, 2.24) is 4.90 Å². The molecule has 1 spiro atoms. The van der Waals surface area contributed by atoms with Crippen molar-refractivity contribution in [3.05, 3.63) is 0 Å². The predicted molar refractivity (Wildman–Crippen MR) is 113 cm³/mol. The van der Waals surface area contributed by atoms with Crippen LogP contribution >= 0.6 is 0 Å². The highest BCUT2D eigenvalue weighted by Crippen LogP contribution is 2.51. The highest BCUT2D eigenvalue weighted by molar-refractivity contribution is 5.86. The lowest BCUT2D eigenvalue weighted by molar-refractivity contribution is -0.176. The fraction of sp³-hybridized carbons (Fsp3) is 0.870. The highest BCUT2D eigenvalue weighted by Gasteiger charge is 2.54. The van der Waals surface area contributed by atoms with Gasteiger partial charge in [0.05, 0.1) is 11.5 Å². The second-order valence-electron chi connectivity index (χ2n) is 9.88. The lowest BCUT2D eigenvalue weighted by Gasteiger charge is -2.50. The molecule has 0 aromatic rings. The van der Waals surface area contributed by atoms with Crippen LogP contribution < -0.4 is 0 Å². The molecular weight excluding hydrogens is 386 g/mol. The molecule has 172 valence electrons. The van der Waals surface area contributed by atoms with Crippen molar-refractivity contribution in [2.24, 2.45) is 17.3 Å². The maximum absolute atomic E-state index is 13.6. The molecule has 1 saturated carbocycles. The summed E-state index contributed by atoms with van der Waals surface area (Å²) in [5.41, 5.74) is -1.25. The molecule has 2 aliphatic rings.